The molecule has 0 saturated heterocycles. The number of sulfonamides is 1. The molecule has 0 radical (unpaired) electrons. The number of carboxylic acids is 1. The molecule has 3 rings (SSSR count). The summed E-state index contributed by atoms with van der Waals surface area (Å²) in [4.78, 5) is 13.0. The van der Waals surface area contributed by atoms with Gasteiger partial charge in [0.1, 0.15) is 0 Å². The average Bonchev–Trinajstić information content (AvgIpc) is 2.55. The first kappa shape index (κ1) is 17.8. The fourth-order valence-electron chi connectivity index (χ4n) is 3.37. The van der Waals surface area contributed by atoms with E-state index >= 15 is 0 Å². The van der Waals surface area contributed by atoms with Crippen molar-refractivity contribution < 1.29 is 18.3 Å². The molecular formula is C18H22N2O4S. The predicted molar refractivity (Wildman–Crippen MR) is 96.0 cm³/mol. The van der Waals surface area contributed by atoms with Crippen molar-refractivity contribution in [2.75, 3.05) is 13.1 Å². The van der Waals surface area contributed by atoms with Gasteiger partial charge < -0.3 is 5.11 Å². The van der Waals surface area contributed by atoms with Gasteiger partial charge in [-0.15, -0.1) is 0 Å². The molecule has 2 aromatic carbocycles. The van der Waals surface area contributed by atoms with Crippen LogP contribution in [0.25, 0.3) is 10.8 Å². The highest BCUT2D eigenvalue weighted by Gasteiger charge is 2.36. The SMILES string of the molecule is CCN(CC(=O)O)C1CC(NS(=O)(=O)c2cccc3ccccc23)C1. The summed E-state index contributed by atoms with van der Waals surface area (Å²) in [6.07, 6.45) is 1.26. The molecule has 1 saturated carbocycles. The Balaban J connectivity index is 1.70. The first-order valence-electron chi connectivity index (χ1n) is 8.36. The Morgan fingerprint density at radius 2 is 1.88 bits per heavy atom. The van der Waals surface area contributed by atoms with E-state index in [0.29, 0.717) is 24.8 Å². The van der Waals surface area contributed by atoms with Gasteiger partial charge in [-0.1, -0.05) is 43.3 Å². The van der Waals surface area contributed by atoms with E-state index in [1.165, 1.54) is 0 Å². The smallest absolute Gasteiger partial charge is 0.317 e. The van der Waals surface area contributed by atoms with Gasteiger partial charge in [-0.2, -0.15) is 0 Å². The molecule has 2 N–H and O–H groups in total. The number of hydrogen-bond donors (Lipinski definition) is 2. The maximum Gasteiger partial charge on any atom is 0.317 e. The number of nitrogens with zero attached hydrogens (tertiary/aromatic N) is 1. The Hall–Kier alpha value is -1.96. The predicted octanol–water partition coefficient (Wildman–Crippen LogP) is 2.06. The summed E-state index contributed by atoms with van der Waals surface area (Å²) in [6, 6.07) is 12.6. The molecule has 0 spiro atoms. The highest BCUT2D eigenvalue weighted by atomic mass is 32.2. The lowest BCUT2D eigenvalue weighted by Gasteiger charge is -2.42. The Morgan fingerprint density at radius 1 is 1.20 bits per heavy atom. The van der Waals surface area contributed by atoms with Crippen LogP contribution in [0.15, 0.2) is 47.4 Å². The van der Waals surface area contributed by atoms with Gasteiger partial charge in [0.25, 0.3) is 0 Å². The van der Waals surface area contributed by atoms with Crippen molar-refractivity contribution in [1.29, 1.82) is 0 Å². The molecule has 0 heterocycles. The van der Waals surface area contributed by atoms with E-state index in [1.807, 2.05) is 36.1 Å². The zero-order valence-corrected chi connectivity index (χ0v) is 14.9. The van der Waals surface area contributed by atoms with Crippen LogP contribution >= 0.6 is 0 Å². The van der Waals surface area contributed by atoms with E-state index in [2.05, 4.69) is 4.72 Å². The number of fused-ring (bicyclic) bond motifs is 1. The molecule has 1 fully saturated rings. The van der Waals surface area contributed by atoms with Crippen molar-refractivity contribution in [3.05, 3.63) is 42.5 Å². The quantitative estimate of drug-likeness (QED) is 0.787. The van der Waals surface area contributed by atoms with Gasteiger partial charge in [0.15, 0.2) is 0 Å². The van der Waals surface area contributed by atoms with Gasteiger partial charge in [0.05, 0.1) is 11.4 Å². The summed E-state index contributed by atoms with van der Waals surface area (Å²) in [5.74, 6) is -0.860. The summed E-state index contributed by atoms with van der Waals surface area (Å²) in [7, 11) is -3.61. The van der Waals surface area contributed by atoms with Gasteiger partial charge in [-0.05, 0) is 30.8 Å². The maximum absolute atomic E-state index is 12.8. The third-order valence-corrected chi connectivity index (χ3v) is 6.31. The first-order valence-corrected chi connectivity index (χ1v) is 9.85. The van der Waals surface area contributed by atoms with Gasteiger partial charge in [0, 0.05) is 17.5 Å². The third kappa shape index (κ3) is 3.84. The molecular weight excluding hydrogens is 340 g/mol. The van der Waals surface area contributed by atoms with E-state index in [1.54, 1.807) is 18.2 Å². The first-order chi connectivity index (χ1) is 11.9. The number of nitrogens with one attached hydrogen (secondary N) is 1. The molecule has 7 heteroatoms. The highest BCUT2D eigenvalue weighted by Crippen LogP contribution is 2.29. The van der Waals surface area contributed by atoms with Gasteiger partial charge in [-0.25, -0.2) is 13.1 Å². The van der Waals surface area contributed by atoms with Crippen LogP contribution in [-0.4, -0.2) is 49.6 Å². The van der Waals surface area contributed by atoms with Crippen LogP contribution in [0, 0.1) is 0 Å². The van der Waals surface area contributed by atoms with Crippen molar-refractivity contribution in [2.24, 2.45) is 0 Å². The minimum Gasteiger partial charge on any atom is -0.480 e. The number of hydrogen-bond acceptors (Lipinski definition) is 4. The number of benzene rings is 2. The van der Waals surface area contributed by atoms with Crippen LogP contribution in [0.5, 0.6) is 0 Å². The normalized spacial score (nSPS) is 20.6. The third-order valence-electron chi connectivity index (χ3n) is 4.74. The lowest BCUT2D eigenvalue weighted by Crippen LogP contribution is -2.54. The second kappa shape index (κ2) is 7.11. The second-order valence-electron chi connectivity index (χ2n) is 6.38. The maximum atomic E-state index is 12.8. The van der Waals surface area contributed by atoms with Crippen molar-refractivity contribution in [2.45, 2.75) is 36.7 Å². The lowest BCUT2D eigenvalue weighted by molar-refractivity contribution is -0.139. The zero-order chi connectivity index (χ0) is 18.0. The summed E-state index contributed by atoms with van der Waals surface area (Å²) >= 11 is 0. The molecule has 0 bridgehead atoms. The van der Waals surface area contributed by atoms with Crippen LogP contribution in [0.3, 0.4) is 0 Å². The summed E-state index contributed by atoms with van der Waals surface area (Å²) < 4.78 is 28.3. The number of carboxylic acid groups (broad SMARTS) is 1. The molecule has 0 aromatic heterocycles. The van der Waals surface area contributed by atoms with Gasteiger partial charge in [-0.3, -0.25) is 9.69 Å². The summed E-state index contributed by atoms with van der Waals surface area (Å²) in [5.41, 5.74) is 0. The zero-order valence-electron chi connectivity index (χ0n) is 14.1. The molecule has 1 aliphatic rings. The Kier molecular flexibility index (Phi) is 5.08. The number of aliphatic carboxylic acids is 1. The van der Waals surface area contributed by atoms with Crippen LogP contribution in [-0.2, 0) is 14.8 Å². The minimum absolute atomic E-state index is 0.00996. The molecule has 0 unspecified atom stereocenters. The van der Waals surface area contributed by atoms with Crippen LogP contribution < -0.4 is 4.72 Å². The number of rotatable bonds is 7. The van der Waals surface area contributed by atoms with Crippen LogP contribution in [0.4, 0.5) is 0 Å². The van der Waals surface area contributed by atoms with Gasteiger partial charge in [0.2, 0.25) is 10.0 Å². The Labute approximate surface area is 147 Å². The largest absolute Gasteiger partial charge is 0.480 e. The molecule has 0 atom stereocenters. The highest BCUT2D eigenvalue weighted by molar-refractivity contribution is 7.89. The summed E-state index contributed by atoms with van der Waals surface area (Å²) in [5, 5.41) is 10.5. The van der Waals surface area contributed by atoms with E-state index in [4.69, 9.17) is 5.11 Å². The van der Waals surface area contributed by atoms with Crippen LogP contribution in [0.1, 0.15) is 19.8 Å². The topological polar surface area (TPSA) is 86.7 Å². The van der Waals surface area contributed by atoms with E-state index in [-0.39, 0.29) is 23.5 Å². The van der Waals surface area contributed by atoms with Crippen molar-refractivity contribution in [3.63, 3.8) is 0 Å². The lowest BCUT2D eigenvalue weighted by atomic mass is 9.86. The number of carbonyl (C=O) groups is 1. The van der Waals surface area contributed by atoms with Crippen LogP contribution in [0.2, 0.25) is 0 Å². The molecule has 2 aromatic rings. The standard InChI is InChI=1S/C18H22N2O4S/c1-2-20(12-18(21)22)15-10-14(11-15)19-25(23,24)17-9-5-7-13-6-3-4-8-16(13)17/h3-9,14-15,19H,2,10-12H2,1H3,(H,21,22). The van der Waals surface area contributed by atoms with Crippen molar-refractivity contribution in [3.8, 4) is 0 Å². The molecule has 134 valence electrons. The molecule has 1 aliphatic carbocycles. The average molecular weight is 362 g/mol. The molecule has 0 aliphatic heterocycles. The van der Waals surface area contributed by atoms with Gasteiger partial charge >= 0.3 is 5.97 Å². The monoisotopic (exact) mass is 362 g/mol. The van der Waals surface area contributed by atoms with E-state index < -0.39 is 16.0 Å². The minimum atomic E-state index is -3.61. The number of likely N-dealkylation sites (N-methyl/N-ethyl adjacent to an activating group) is 1. The Bertz CT molecular complexity index is 870. The van der Waals surface area contributed by atoms with Crippen molar-refractivity contribution in [1.82, 2.24) is 9.62 Å². The van der Waals surface area contributed by atoms with E-state index in [0.717, 1.165) is 5.39 Å². The fourth-order valence-corrected chi connectivity index (χ4v) is 4.86. The molecule has 25 heavy (non-hydrogen) atoms. The fraction of sp³-hybridized carbons (Fsp3) is 0.389. The summed E-state index contributed by atoms with van der Waals surface area (Å²) in [6.45, 7) is 2.54. The van der Waals surface area contributed by atoms with Crippen molar-refractivity contribution >= 4 is 26.8 Å². The van der Waals surface area contributed by atoms with E-state index in [9.17, 15) is 13.2 Å². The second-order valence-corrected chi connectivity index (χ2v) is 8.06. The molecule has 0 amide bonds. The Morgan fingerprint density at radius 3 is 2.56 bits per heavy atom. The molecule has 6 nitrogen and oxygen atoms in total.